The maximum absolute atomic E-state index is 13.4. The van der Waals surface area contributed by atoms with E-state index in [1.807, 2.05) is 13.8 Å². The molecule has 1 aliphatic rings. The van der Waals surface area contributed by atoms with Crippen molar-refractivity contribution in [1.29, 1.82) is 0 Å². The van der Waals surface area contributed by atoms with Gasteiger partial charge in [-0.1, -0.05) is 12.1 Å². The van der Waals surface area contributed by atoms with Crippen molar-refractivity contribution in [3.63, 3.8) is 0 Å². The van der Waals surface area contributed by atoms with Gasteiger partial charge in [0.05, 0.1) is 24.4 Å². The van der Waals surface area contributed by atoms with E-state index in [9.17, 15) is 19.1 Å². The van der Waals surface area contributed by atoms with Crippen molar-refractivity contribution in [2.45, 2.75) is 19.9 Å². The maximum Gasteiger partial charge on any atom is 0.301 e. The van der Waals surface area contributed by atoms with Crippen LogP contribution in [0.1, 0.15) is 27.7 Å². The first-order valence-corrected chi connectivity index (χ1v) is 10.3. The Morgan fingerprint density at radius 2 is 1.87 bits per heavy atom. The standard InChI is InChI=1S/C23H19FN2O4S/c1-12-13(2)31-23(25-12)26-19(15-5-4-6-17(11-15)30-3)18(21(28)22(26)29)20(27)14-7-9-16(24)10-8-14/h4-11,19,27H,1-3H3. The zero-order chi connectivity index (χ0) is 22.3. The first-order valence-electron chi connectivity index (χ1n) is 9.46. The summed E-state index contributed by atoms with van der Waals surface area (Å²) in [7, 11) is 1.52. The molecule has 4 rings (SSSR count). The number of hydrogen-bond acceptors (Lipinski definition) is 6. The molecule has 3 aromatic rings. The number of rotatable bonds is 4. The first-order chi connectivity index (χ1) is 14.8. The number of benzene rings is 2. The molecule has 1 aliphatic heterocycles. The number of methoxy groups -OCH3 is 1. The molecule has 0 saturated carbocycles. The summed E-state index contributed by atoms with van der Waals surface area (Å²) in [5.41, 5.74) is 1.48. The van der Waals surface area contributed by atoms with Crippen LogP contribution in [0.15, 0.2) is 54.1 Å². The van der Waals surface area contributed by atoms with Crippen LogP contribution in [0.4, 0.5) is 9.52 Å². The summed E-state index contributed by atoms with van der Waals surface area (Å²) in [6.45, 7) is 3.71. The van der Waals surface area contributed by atoms with Crippen LogP contribution < -0.4 is 9.64 Å². The monoisotopic (exact) mass is 438 g/mol. The molecule has 31 heavy (non-hydrogen) atoms. The molecular formula is C23H19FN2O4S. The van der Waals surface area contributed by atoms with Crippen LogP contribution in [0.2, 0.25) is 0 Å². The van der Waals surface area contributed by atoms with Gasteiger partial charge in [-0.15, -0.1) is 11.3 Å². The van der Waals surface area contributed by atoms with E-state index >= 15 is 0 Å². The Bertz CT molecular complexity index is 1200. The molecule has 0 spiro atoms. The van der Waals surface area contributed by atoms with E-state index in [2.05, 4.69) is 4.98 Å². The highest BCUT2D eigenvalue weighted by Crippen LogP contribution is 2.44. The molecule has 1 saturated heterocycles. The number of nitrogens with zero attached hydrogens (tertiary/aromatic N) is 2. The summed E-state index contributed by atoms with van der Waals surface area (Å²) >= 11 is 1.29. The summed E-state index contributed by atoms with van der Waals surface area (Å²) in [6.07, 6.45) is 0. The third-order valence-electron chi connectivity index (χ3n) is 5.19. The number of ether oxygens (including phenoxy) is 1. The second-order valence-corrected chi connectivity index (χ2v) is 8.27. The number of halogens is 1. The summed E-state index contributed by atoms with van der Waals surface area (Å²) in [5.74, 6) is -1.93. The van der Waals surface area contributed by atoms with Crippen molar-refractivity contribution in [3.8, 4) is 5.75 Å². The summed E-state index contributed by atoms with van der Waals surface area (Å²) in [6, 6.07) is 11.1. The molecule has 158 valence electrons. The van der Waals surface area contributed by atoms with Crippen molar-refractivity contribution in [2.24, 2.45) is 0 Å². The average molecular weight is 438 g/mol. The lowest BCUT2D eigenvalue weighted by atomic mass is 9.95. The molecule has 0 aliphatic carbocycles. The molecule has 2 aromatic carbocycles. The van der Waals surface area contributed by atoms with Crippen molar-refractivity contribution in [1.82, 2.24) is 4.98 Å². The number of thiazole rings is 1. The second kappa shape index (κ2) is 7.96. The predicted octanol–water partition coefficient (Wildman–Crippen LogP) is 4.53. The van der Waals surface area contributed by atoms with Gasteiger partial charge in [-0.05, 0) is 55.8 Å². The quantitative estimate of drug-likeness (QED) is 0.368. The zero-order valence-corrected chi connectivity index (χ0v) is 17.9. The van der Waals surface area contributed by atoms with E-state index in [0.717, 1.165) is 10.6 Å². The lowest BCUT2D eigenvalue weighted by molar-refractivity contribution is -0.132. The Kier molecular flexibility index (Phi) is 5.32. The van der Waals surface area contributed by atoms with Gasteiger partial charge in [0, 0.05) is 10.4 Å². The van der Waals surface area contributed by atoms with Crippen molar-refractivity contribution >= 4 is 33.9 Å². The number of aliphatic hydroxyl groups is 1. The lowest BCUT2D eigenvalue weighted by Gasteiger charge is -2.23. The van der Waals surface area contributed by atoms with Gasteiger partial charge in [-0.25, -0.2) is 9.37 Å². The zero-order valence-electron chi connectivity index (χ0n) is 17.0. The van der Waals surface area contributed by atoms with Crippen LogP contribution in [0.5, 0.6) is 5.75 Å². The number of aryl methyl sites for hydroxylation is 2. The number of carbonyl (C=O) groups excluding carboxylic acids is 2. The van der Waals surface area contributed by atoms with Crippen LogP contribution in [-0.4, -0.2) is 28.9 Å². The van der Waals surface area contributed by atoms with E-state index in [4.69, 9.17) is 4.74 Å². The Labute approximate surface area is 182 Å². The molecule has 1 amide bonds. The number of carbonyl (C=O) groups is 2. The maximum atomic E-state index is 13.4. The van der Waals surface area contributed by atoms with Crippen LogP contribution in [0.25, 0.3) is 5.76 Å². The Hall–Kier alpha value is -3.52. The number of aliphatic hydroxyl groups excluding tert-OH is 1. The van der Waals surface area contributed by atoms with Gasteiger partial charge >= 0.3 is 5.91 Å². The van der Waals surface area contributed by atoms with Crippen molar-refractivity contribution in [3.05, 3.63) is 81.6 Å². The number of Topliss-reactive ketones (excluding diaryl/α,β-unsaturated/α-hetero) is 1. The molecule has 0 radical (unpaired) electrons. The molecule has 1 atom stereocenters. The molecule has 1 unspecified atom stereocenters. The normalized spacial score (nSPS) is 17.9. The minimum Gasteiger partial charge on any atom is -0.507 e. The number of ketones is 1. The number of amides is 1. The molecule has 1 aromatic heterocycles. The summed E-state index contributed by atoms with van der Waals surface area (Å²) in [4.78, 5) is 32.8. The first kappa shape index (κ1) is 20.7. The van der Waals surface area contributed by atoms with E-state index in [-0.39, 0.29) is 16.9 Å². The third kappa shape index (κ3) is 3.59. The van der Waals surface area contributed by atoms with Gasteiger partial charge < -0.3 is 9.84 Å². The van der Waals surface area contributed by atoms with E-state index in [0.29, 0.717) is 16.4 Å². The Balaban J connectivity index is 1.96. The largest absolute Gasteiger partial charge is 0.507 e. The average Bonchev–Trinajstić information content (AvgIpc) is 3.23. The fourth-order valence-electron chi connectivity index (χ4n) is 3.48. The van der Waals surface area contributed by atoms with Gasteiger partial charge in [-0.3, -0.25) is 14.5 Å². The van der Waals surface area contributed by atoms with Crippen LogP contribution in [-0.2, 0) is 9.59 Å². The number of hydrogen-bond donors (Lipinski definition) is 1. The summed E-state index contributed by atoms with van der Waals surface area (Å²) < 4.78 is 18.7. The Morgan fingerprint density at radius 3 is 2.48 bits per heavy atom. The van der Waals surface area contributed by atoms with Gasteiger partial charge in [-0.2, -0.15) is 0 Å². The minimum atomic E-state index is -0.912. The SMILES string of the molecule is COc1cccc(C2C(=C(O)c3ccc(F)cc3)C(=O)C(=O)N2c2nc(C)c(C)s2)c1. The molecule has 2 heterocycles. The molecule has 1 fully saturated rings. The smallest absolute Gasteiger partial charge is 0.301 e. The van der Waals surface area contributed by atoms with Crippen LogP contribution in [0, 0.1) is 19.7 Å². The van der Waals surface area contributed by atoms with Gasteiger partial charge in [0.1, 0.15) is 17.3 Å². The van der Waals surface area contributed by atoms with Gasteiger partial charge in [0.2, 0.25) is 0 Å². The van der Waals surface area contributed by atoms with Gasteiger partial charge in [0.25, 0.3) is 5.78 Å². The van der Waals surface area contributed by atoms with Crippen LogP contribution >= 0.6 is 11.3 Å². The van der Waals surface area contributed by atoms with Crippen molar-refractivity contribution < 1.29 is 23.8 Å². The molecule has 8 heteroatoms. The highest BCUT2D eigenvalue weighted by molar-refractivity contribution is 7.16. The lowest BCUT2D eigenvalue weighted by Crippen LogP contribution is -2.29. The number of anilines is 1. The van der Waals surface area contributed by atoms with E-state index in [1.54, 1.807) is 24.3 Å². The fraction of sp³-hybridized carbons (Fsp3) is 0.174. The highest BCUT2D eigenvalue weighted by Gasteiger charge is 2.48. The minimum absolute atomic E-state index is 0.0876. The van der Waals surface area contributed by atoms with Crippen molar-refractivity contribution in [2.75, 3.05) is 12.0 Å². The fourth-order valence-corrected chi connectivity index (χ4v) is 4.42. The molecule has 0 bridgehead atoms. The summed E-state index contributed by atoms with van der Waals surface area (Å²) in [5, 5.41) is 11.4. The molecule has 6 nitrogen and oxygen atoms in total. The topological polar surface area (TPSA) is 79.7 Å². The number of aromatic nitrogens is 1. The van der Waals surface area contributed by atoms with E-state index in [1.165, 1.54) is 47.6 Å². The van der Waals surface area contributed by atoms with E-state index < -0.39 is 23.5 Å². The van der Waals surface area contributed by atoms with Gasteiger partial charge in [0.15, 0.2) is 5.13 Å². The highest BCUT2D eigenvalue weighted by atomic mass is 32.1. The molecule has 1 N–H and O–H groups in total. The third-order valence-corrected chi connectivity index (χ3v) is 6.27. The molecular weight excluding hydrogens is 419 g/mol. The Morgan fingerprint density at radius 1 is 1.16 bits per heavy atom. The predicted molar refractivity (Wildman–Crippen MR) is 116 cm³/mol. The second-order valence-electron chi connectivity index (χ2n) is 7.09. The van der Waals surface area contributed by atoms with Crippen LogP contribution in [0.3, 0.4) is 0 Å².